The maximum atomic E-state index is 12.7. The Kier molecular flexibility index (Phi) is 6.18. The van der Waals surface area contributed by atoms with Crippen LogP contribution in [-0.2, 0) is 25.4 Å². The zero-order valence-electron chi connectivity index (χ0n) is 19.1. The highest BCUT2D eigenvalue weighted by Gasteiger charge is 2.25. The molecule has 34 heavy (non-hydrogen) atoms. The molecule has 0 spiro atoms. The molecular formula is C21H26N8O5. The molecule has 1 saturated carbocycles. The molecule has 4 aromatic heterocycles. The standard InChI is InChI=1S/C16H22N4O3.C5H4N4O2/c1-10(21)12-6-4-11(5-7-12)8-20-15(22)13-14(17-9-18(13)2)19(3)16(20)23;10-4-2-3(7-1-6-2)8-5(11)9-4/h9,11-12H,4-8H2,1-3H3;1H,(H3,6,7,8,9,10,11). The summed E-state index contributed by atoms with van der Waals surface area (Å²) < 4.78 is 4.40. The summed E-state index contributed by atoms with van der Waals surface area (Å²) in [6, 6.07) is 0. The van der Waals surface area contributed by atoms with Crippen LogP contribution in [0, 0.1) is 11.8 Å². The number of hydrogen-bond donors (Lipinski definition) is 3. The molecule has 0 amide bonds. The highest BCUT2D eigenvalue weighted by molar-refractivity contribution is 5.78. The summed E-state index contributed by atoms with van der Waals surface area (Å²) in [4.78, 5) is 73.0. The Morgan fingerprint density at radius 2 is 1.76 bits per heavy atom. The second-order valence-corrected chi connectivity index (χ2v) is 8.65. The van der Waals surface area contributed by atoms with E-state index in [1.807, 2.05) is 0 Å². The molecule has 13 nitrogen and oxygen atoms in total. The number of nitrogens with zero attached hydrogens (tertiary/aromatic N) is 5. The van der Waals surface area contributed by atoms with Gasteiger partial charge in [0.15, 0.2) is 16.8 Å². The number of H-pyrrole nitrogens is 3. The molecule has 1 aliphatic carbocycles. The van der Waals surface area contributed by atoms with Crippen molar-refractivity contribution in [3.05, 3.63) is 54.3 Å². The Morgan fingerprint density at radius 3 is 2.44 bits per heavy atom. The smallest absolute Gasteiger partial charge is 0.332 e. The lowest BCUT2D eigenvalue weighted by molar-refractivity contribution is -0.121. The number of aromatic nitrogens is 8. The first-order valence-corrected chi connectivity index (χ1v) is 10.9. The maximum Gasteiger partial charge on any atom is 0.332 e. The van der Waals surface area contributed by atoms with Crippen molar-refractivity contribution in [2.75, 3.05) is 0 Å². The Hall–Kier alpha value is -4.03. The summed E-state index contributed by atoms with van der Waals surface area (Å²) in [5, 5.41) is 0. The van der Waals surface area contributed by atoms with Crippen molar-refractivity contribution >= 4 is 28.1 Å². The molecule has 0 bridgehead atoms. The van der Waals surface area contributed by atoms with Crippen LogP contribution >= 0.6 is 0 Å². The van der Waals surface area contributed by atoms with Crippen LogP contribution in [0.4, 0.5) is 0 Å². The fourth-order valence-electron chi connectivity index (χ4n) is 4.43. The van der Waals surface area contributed by atoms with Crippen molar-refractivity contribution in [1.29, 1.82) is 0 Å². The van der Waals surface area contributed by atoms with Crippen molar-refractivity contribution in [2.24, 2.45) is 25.9 Å². The van der Waals surface area contributed by atoms with E-state index in [0.717, 1.165) is 25.7 Å². The largest absolute Gasteiger partial charge is 0.339 e. The molecule has 4 heterocycles. The number of ketones is 1. The molecule has 0 saturated heterocycles. The minimum absolute atomic E-state index is 0.144. The van der Waals surface area contributed by atoms with Gasteiger partial charge in [0.1, 0.15) is 11.3 Å². The van der Waals surface area contributed by atoms with Crippen molar-refractivity contribution < 1.29 is 4.79 Å². The fraction of sp³-hybridized carbons (Fsp3) is 0.476. The molecule has 13 heteroatoms. The summed E-state index contributed by atoms with van der Waals surface area (Å²) in [7, 11) is 3.39. The summed E-state index contributed by atoms with van der Waals surface area (Å²) in [5.41, 5.74) is -0.186. The highest BCUT2D eigenvalue weighted by Crippen LogP contribution is 2.29. The van der Waals surface area contributed by atoms with E-state index in [9.17, 15) is 24.0 Å². The fourth-order valence-corrected chi connectivity index (χ4v) is 4.43. The highest BCUT2D eigenvalue weighted by atomic mass is 16.2. The van der Waals surface area contributed by atoms with E-state index < -0.39 is 11.2 Å². The summed E-state index contributed by atoms with van der Waals surface area (Å²) >= 11 is 0. The predicted octanol–water partition coefficient (Wildman–Crippen LogP) is -0.231. The number of hydrogen-bond acceptors (Lipinski definition) is 7. The molecule has 5 rings (SSSR count). The number of aryl methyl sites for hydroxylation is 2. The van der Waals surface area contributed by atoms with E-state index in [4.69, 9.17) is 0 Å². The molecule has 4 aromatic rings. The lowest BCUT2D eigenvalue weighted by Crippen LogP contribution is -2.41. The van der Waals surface area contributed by atoms with Gasteiger partial charge in [0.25, 0.3) is 11.1 Å². The van der Waals surface area contributed by atoms with E-state index >= 15 is 0 Å². The lowest BCUT2D eigenvalue weighted by Gasteiger charge is -2.27. The summed E-state index contributed by atoms with van der Waals surface area (Å²) in [5.74, 6) is 0.653. The zero-order valence-corrected chi connectivity index (χ0v) is 19.1. The second kappa shape index (κ2) is 9.08. The van der Waals surface area contributed by atoms with E-state index in [-0.39, 0.29) is 40.0 Å². The number of Topliss-reactive ketones (excluding diaryl/α,β-unsaturated/α-hetero) is 1. The lowest BCUT2D eigenvalue weighted by atomic mass is 9.80. The summed E-state index contributed by atoms with van der Waals surface area (Å²) in [6.07, 6.45) is 6.35. The van der Waals surface area contributed by atoms with Gasteiger partial charge in [0.2, 0.25) is 0 Å². The van der Waals surface area contributed by atoms with Crippen LogP contribution in [0.5, 0.6) is 0 Å². The van der Waals surface area contributed by atoms with Crippen LogP contribution in [0.15, 0.2) is 31.8 Å². The molecule has 0 radical (unpaired) electrons. The zero-order chi connectivity index (χ0) is 24.6. The van der Waals surface area contributed by atoms with Crippen LogP contribution in [0.25, 0.3) is 22.3 Å². The third-order valence-electron chi connectivity index (χ3n) is 6.39. The quantitative estimate of drug-likeness (QED) is 0.371. The van der Waals surface area contributed by atoms with Gasteiger partial charge < -0.3 is 9.55 Å². The predicted molar refractivity (Wildman–Crippen MR) is 124 cm³/mol. The number of fused-ring (bicyclic) bond motifs is 2. The van der Waals surface area contributed by atoms with Crippen LogP contribution in [0.3, 0.4) is 0 Å². The van der Waals surface area contributed by atoms with Crippen LogP contribution in [0.2, 0.25) is 0 Å². The van der Waals surface area contributed by atoms with Crippen molar-refractivity contribution in [2.45, 2.75) is 39.2 Å². The van der Waals surface area contributed by atoms with Crippen molar-refractivity contribution in [3.63, 3.8) is 0 Å². The number of carbonyl (C=O) groups is 1. The number of nitrogens with one attached hydrogen (secondary N) is 3. The van der Waals surface area contributed by atoms with Gasteiger partial charge in [-0.3, -0.25) is 33.5 Å². The van der Waals surface area contributed by atoms with E-state index in [1.165, 1.54) is 15.5 Å². The van der Waals surface area contributed by atoms with Gasteiger partial charge in [-0.2, -0.15) is 0 Å². The second-order valence-electron chi connectivity index (χ2n) is 8.65. The average molecular weight is 470 g/mol. The molecule has 1 aliphatic rings. The molecular weight excluding hydrogens is 444 g/mol. The normalized spacial score (nSPS) is 18.1. The van der Waals surface area contributed by atoms with Gasteiger partial charge >= 0.3 is 11.4 Å². The van der Waals surface area contributed by atoms with Gasteiger partial charge in [0.05, 0.1) is 12.7 Å². The minimum atomic E-state index is -0.547. The van der Waals surface area contributed by atoms with Gasteiger partial charge in [-0.25, -0.2) is 19.6 Å². The minimum Gasteiger partial charge on any atom is -0.339 e. The first kappa shape index (κ1) is 23.1. The van der Waals surface area contributed by atoms with E-state index in [1.54, 1.807) is 31.9 Å². The van der Waals surface area contributed by atoms with E-state index in [2.05, 4.69) is 24.9 Å². The maximum absolute atomic E-state index is 12.7. The first-order valence-electron chi connectivity index (χ1n) is 10.9. The summed E-state index contributed by atoms with van der Waals surface area (Å²) in [6.45, 7) is 2.05. The van der Waals surface area contributed by atoms with Gasteiger partial charge in [-0.05, 0) is 38.5 Å². The van der Waals surface area contributed by atoms with Crippen LogP contribution in [-0.4, -0.2) is 44.4 Å². The Bertz CT molecular complexity index is 1590. The van der Waals surface area contributed by atoms with Gasteiger partial charge in [-0.15, -0.1) is 0 Å². The third kappa shape index (κ3) is 4.28. The number of carbonyl (C=O) groups excluding carboxylic acids is 1. The molecule has 180 valence electrons. The Balaban J connectivity index is 0.000000207. The first-order chi connectivity index (χ1) is 16.2. The number of aromatic amines is 3. The van der Waals surface area contributed by atoms with E-state index in [0.29, 0.717) is 17.7 Å². The van der Waals surface area contributed by atoms with Gasteiger partial charge in [-0.1, -0.05) is 0 Å². The SMILES string of the molecule is CC(=O)C1CCC(Cn2c(=O)c3c(ncn3C)n(C)c2=O)CC1.O=c1[nH]c(=O)c2[nH]cnc2[nH]1. The van der Waals surface area contributed by atoms with Crippen molar-refractivity contribution in [1.82, 2.24) is 38.6 Å². The molecule has 0 aromatic carbocycles. The number of rotatable bonds is 3. The topological polar surface area (TPSA) is 173 Å². The van der Waals surface area contributed by atoms with Crippen molar-refractivity contribution in [3.8, 4) is 0 Å². The van der Waals surface area contributed by atoms with Crippen LogP contribution in [0.1, 0.15) is 32.6 Å². The molecule has 3 N–H and O–H groups in total. The monoisotopic (exact) mass is 470 g/mol. The van der Waals surface area contributed by atoms with Crippen LogP contribution < -0.4 is 22.5 Å². The molecule has 0 unspecified atom stereocenters. The Labute approximate surface area is 191 Å². The molecule has 1 fully saturated rings. The third-order valence-corrected chi connectivity index (χ3v) is 6.39. The average Bonchev–Trinajstić information content (AvgIpc) is 3.43. The van der Waals surface area contributed by atoms with Gasteiger partial charge in [0, 0.05) is 26.6 Å². The number of imidazole rings is 2. The molecule has 0 aliphatic heterocycles. The Morgan fingerprint density at radius 1 is 1.06 bits per heavy atom. The molecule has 0 atom stereocenters.